The van der Waals surface area contributed by atoms with Gasteiger partial charge in [-0.1, -0.05) is 24.2 Å². The van der Waals surface area contributed by atoms with Crippen LogP contribution in [-0.4, -0.2) is 25.8 Å². The first kappa shape index (κ1) is 12.4. The van der Waals surface area contributed by atoms with Crippen molar-refractivity contribution in [2.45, 2.75) is 32.2 Å². The van der Waals surface area contributed by atoms with Gasteiger partial charge in [0.2, 0.25) is 11.7 Å². The van der Waals surface area contributed by atoms with Crippen LogP contribution in [0.3, 0.4) is 0 Å². The molecule has 1 atom stereocenters. The molecule has 1 amide bonds. The average molecular weight is 340 g/mol. The fourth-order valence-electron chi connectivity index (χ4n) is 3.10. The second-order valence-corrected chi connectivity index (χ2v) is 6.02. The van der Waals surface area contributed by atoms with Crippen LogP contribution in [0.4, 0.5) is 0 Å². The molecule has 0 radical (unpaired) electrons. The largest absolute Gasteiger partial charge is 0.345 e. The van der Waals surface area contributed by atoms with E-state index in [1.807, 2.05) is 25.1 Å². The monoisotopic (exact) mass is 340 g/mol. The maximum Gasteiger partial charge on any atom is 0.254 e. The van der Waals surface area contributed by atoms with E-state index in [4.69, 9.17) is 8.64 Å². The maximum atomic E-state index is 12.5. The van der Waals surface area contributed by atoms with Crippen molar-refractivity contribution in [1.82, 2.24) is 25.2 Å². The first-order valence-corrected chi connectivity index (χ1v) is 8.17. The molecule has 0 aliphatic heterocycles. The van der Waals surface area contributed by atoms with Crippen LogP contribution in [0.15, 0.2) is 35.1 Å². The zero-order chi connectivity index (χ0) is 19.9. The highest BCUT2D eigenvalue weighted by atomic mass is 16.5. The molecule has 3 aromatic rings. The van der Waals surface area contributed by atoms with E-state index in [0.717, 1.165) is 34.2 Å². The van der Waals surface area contributed by atoms with Gasteiger partial charge in [-0.3, -0.25) is 9.48 Å². The number of carbonyl (C=O) groups excluding carboxylic acids is 1. The minimum Gasteiger partial charge on any atom is -0.345 e. The Bertz CT molecular complexity index is 1020. The molecule has 0 fully saturated rings. The minimum atomic E-state index is -2.40. The third-order valence-electron chi connectivity index (χ3n) is 4.40. The topological polar surface area (TPSA) is 85.8 Å². The van der Waals surface area contributed by atoms with E-state index in [-0.39, 0.29) is 17.5 Å². The van der Waals surface area contributed by atoms with Gasteiger partial charge in [-0.05, 0) is 30.0 Å². The number of rotatable bonds is 4. The van der Waals surface area contributed by atoms with Crippen LogP contribution >= 0.6 is 0 Å². The second kappa shape index (κ2) is 6.16. The molecule has 128 valence electrons. The molecule has 1 aliphatic rings. The van der Waals surface area contributed by atoms with Crippen LogP contribution in [-0.2, 0) is 19.8 Å². The van der Waals surface area contributed by atoms with Gasteiger partial charge in [0.15, 0.2) is 0 Å². The summed E-state index contributed by atoms with van der Waals surface area (Å²) < 4.78 is 28.0. The minimum absolute atomic E-state index is 0.135. The molecule has 2 heterocycles. The Balaban J connectivity index is 1.50. The smallest absolute Gasteiger partial charge is 0.254 e. The number of nitrogens with one attached hydrogen (secondary N) is 1. The first-order chi connectivity index (χ1) is 13.3. The van der Waals surface area contributed by atoms with Gasteiger partial charge in [0.1, 0.15) is 0 Å². The van der Waals surface area contributed by atoms with Crippen LogP contribution in [0.5, 0.6) is 0 Å². The Morgan fingerprint density at radius 1 is 1.52 bits per heavy atom. The molecule has 0 saturated heterocycles. The molecule has 0 bridgehead atoms. The second-order valence-electron chi connectivity index (χ2n) is 6.02. The molecule has 1 aromatic carbocycles. The van der Waals surface area contributed by atoms with E-state index in [1.165, 1.54) is 12.4 Å². The lowest BCUT2D eigenvalue weighted by atomic mass is 10.0. The molecule has 0 spiro atoms. The zero-order valence-electron chi connectivity index (χ0n) is 16.7. The Morgan fingerprint density at radius 2 is 2.44 bits per heavy atom. The molecule has 4 rings (SSSR count). The molecular weight excluding hydrogens is 318 g/mol. The first-order valence-electron chi connectivity index (χ1n) is 9.67. The summed E-state index contributed by atoms with van der Waals surface area (Å²) in [4.78, 5) is 16.8. The summed E-state index contributed by atoms with van der Waals surface area (Å²) in [5.41, 5.74) is 3.27. The molecule has 7 nitrogen and oxygen atoms in total. The summed E-state index contributed by atoms with van der Waals surface area (Å²) in [7, 11) is 0. The lowest BCUT2D eigenvalue weighted by Crippen LogP contribution is -2.26. The van der Waals surface area contributed by atoms with Gasteiger partial charge in [-0.25, -0.2) is 0 Å². The highest BCUT2D eigenvalue weighted by Gasteiger charge is 2.25. The predicted octanol–water partition coefficient (Wildman–Crippen LogP) is 2.45. The van der Waals surface area contributed by atoms with Gasteiger partial charge in [0, 0.05) is 29.3 Å². The van der Waals surface area contributed by atoms with Gasteiger partial charge in [-0.2, -0.15) is 10.1 Å². The number of fused-ring (bicyclic) bond motifs is 1. The van der Waals surface area contributed by atoms with Gasteiger partial charge >= 0.3 is 0 Å². The van der Waals surface area contributed by atoms with Crippen LogP contribution < -0.4 is 5.32 Å². The molecule has 1 aliphatic carbocycles. The number of nitrogens with zero attached hydrogens (tertiary/aromatic N) is 4. The molecule has 1 N–H and O–H groups in total. The van der Waals surface area contributed by atoms with Gasteiger partial charge < -0.3 is 9.84 Å². The van der Waals surface area contributed by atoms with Crippen LogP contribution in [0.25, 0.3) is 11.4 Å². The standard InChI is InChI=1S/C18H19N5O2/c1-3-16-21-17(22-25-16)12-4-6-14-11(8-12)5-7-15(14)20-18(24)13-9-19-23(2)10-13/h4,6,8-10,15H,3,5,7H2,1-2H3,(H,20,24)/t15-/m1/s1/i2D3. The number of benzene rings is 1. The number of aromatic nitrogens is 4. The summed E-state index contributed by atoms with van der Waals surface area (Å²) in [5.74, 6) is 0.811. The van der Waals surface area contributed by atoms with Crippen molar-refractivity contribution in [3.05, 3.63) is 53.2 Å². The normalized spacial score (nSPS) is 18.3. The quantitative estimate of drug-likeness (QED) is 0.788. The van der Waals surface area contributed by atoms with E-state index in [0.29, 0.717) is 18.1 Å². The average Bonchev–Trinajstić information content (AvgIpc) is 3.40. The Morgan fingerprint density at radius 3 is 3.20 bits per heavy atom. The van der Waals surface area contributed by atoms with E-state index in [2.05, 4.69) is 20.6 Å². The van der Waals surface area contributed by atoms with E-state index in [1.54, 1.807) is 0 Å². The van der Waals surface area contributed by atoms with Crippen molar-refractivity contribution in [2.24, 2.45) is 6.98 Å². The molecule has 0 unspecified atom stereocenters. The summed E-state index contributed by atoms with van der Waals surface area (Å²) in [6.07, 6.45) is 4.78. The highest BCUT2D eigenvalue weighted by Crippen LogP contribution is 2.33. The molecule has 7 heteroatoms. The fraction of sp³-hybridized carbons (Fsp3) is 0.333. The van der Waals surface area contributed by atoms with Crippen molar-refractivity contribution in [3.63, 3.8) is 0 Å². The Hall–Kier alpha value is -2.96. The van der Waals surface area contributed by atoms with Crippen molar-refractivity contribution in [2.75, 3.05) is 0 Å². The fourth-order valence-corrected chi connectivity index (χ4v) is 3.10. The number of aryl methyl sites for hydroxylation is 3. The summed E-state index contributed by atoms with van der Waals surface area (Å²) in [5, 5.41) is 10.7. The third-order valence-corrected chi connectivity index (χ3v) is 4.40. The number of carbonyl (C=O) groups is 1. The van der Waals surface area contributed by atoms with Crippen LogP contribution in [0, 0.1) is 0 Å². The highest BCUT2D eigenvalue weighted by molar-refractivity contribution is 5.94. The lowest BCUT2D eigenvalue weighted by Gasteiger charge is -2.13. The van der Waals surface area contributed by atoms with E-state index < -0.39 is 6.98 Å². The molecule has 25 heavy (non-hydrogen) atoms. The Kier molecular flexibility index (Phi) is 3.06. The lowest BCUT2D eigenvalue weighted by molar-refractivity contribution is 0.0936. The van der Waals surface area contributed by atoms with Gasteiger partial charge in [0.25, 0.3) is 5.91 Å². The SMILES string of the molecule is [2H]C([2H])([2H])n1cc(C(=O)N[C@@H]2CCc3cc(-c4noc(CC)n4)ccc32)cn1. The Labute approximate surface area is 149 Å². The summed E-state index contributed by atoms with van der Waals surface area (Å²) in [6.45, 7) is -0.448. The van der Waals surface area contributed by atoms with E-state index in [9.17, 15) is 4.79 Å². The summed E-state index contributed by atoms with van der Waals surface area (Å²) in [6, 6.07) is 5.78. The molecule has 2 aromatic heterocycles. The van der Waals surface area contributed by atoms with Crippen molar-refractivity contribution in [1.29, 1.82) is 0 Å². The molecule has 0 saturated carbocycles. The van der Waals surface area contributed by atoms with Crippen molar-refractivity contribution >= 4 is 5.91 Å². The van der Waals surface area contributed by atoms with Crippen molar-refractivity contribution in [3.8, 4) is 11.4 Å². The zero-order valence-corrected chi connectivity index (χ0v) is 13.7. The number of hydrogen-bond donors (Lipinski definition) is 1. The molecular formula is C18H19N5O2. The van der Waals surface area contributed by atoms with Gasteiger partial charge in [0.05, 0.1) is 17.8 Å². The maximum absolute atomic E-state index is 12.5. The number of hydrogen-bond acceptors (Lipinski definition) is 5. The van der Waals surface area contributed by atoms with Crippen LogP contribution in [0.2, 0.25) is 0 Å². The third kappa shape index (κ3) is 2.93. The predicted molar refractivity (Wildman–Crippen MR) is 90.8 cm³/mol. The summed E-state index contributed by atoms with van der Waals surface area (Å²) >= 11 is 0. The number of amides is 1. The van der Waals surface area contributed by atoms with E-state index >= 15 is 0 Å². The van der Waals surface area contributed by atoms with Crippen LogP contribution in [0.1, 0.15) is 50.9 Å². The van der Waals surface area contributed by atoms with Crippen molar-refractivity contribution < 1.29 is 13.4 Å². The van der Waals surface area contributed by atoms with Gasteiger partial charge in [-0.15, -0.1) is 0 Å².